The highest BCUT2D eigenvalue weighted by molar-refractivity contribution is 6.45. The quantitative estimate of drug-likeness (QED) is 0.709. The Hall–Kier alpha value is -2.37. The number of hydrogen-bond donors (Lipinski definition) is 2. The summed E-state index contributed by atoms with van der Waals surface area (Å²) in [5.74, 6) is -1.05. The number of H-pyrrole nitrogens is 1. The zero-order chi connectivity index (χ0) is 15.7. The fourth-order valence-corrected chi connectivity index (χ4v) is 2.49. The van der Waals surface area contributed by atoms with Crippen LogP contribution in [0.2, 0.25) is 10.0 Å². The molecule has 0 aliphatic carbocycles. The zero-order valence-electron chi connectivity index (χ0n) is 11.0. The third-order valence-corrected chi connectivity index (χ3v) is 3.89. The molecule has 2 aromatic heterocycles. The van der Waals surface area contributed by atoms with Gasteiger partial charge in [-0.15, -0.1) is 0 Å². The molecule has 0 amide bonds. The van der Waals surface area contributed by atoms with Crippen molar-refractivity contribution in [2.24, 2.45) is 0 Å². The van der Waals surface area contributed by atoms with Crippen LogP contribution in [-0.2, 0) is 4.79 Å². The number of fused-ring (bicyclic) bond motifs is 1. The smallest absolute Gasteiger partial charge is 0.328 e. The number of benzene rings is 1. The molecule has 2 N–H and O–H groups in total. The van der Waals surface area contributed by atoms with Crippen LogP contribution in [0.5, 0.6) is 0 Å². The van der Waals surface area contributed by atoms with Gasteiger partial charge in [0.05, 0.1) is 27.5 Å². The van der Waals surface area contributed by atoms with Gasteiger partial charge in [-0.25, -0.2) is 9.78 Å². The SMILES string of the molecule is O=C(O)/C=C/c1cc(-c2cn[nH]c2)c2ccc(Cl)c(Cl)c2n1. The summed E-state index contributed by atoms with van der Waals surface area (Å²) in [7, 11) is 0. The third-order valence-electron chi connectivity index (χ3n) is 3.10. The molecule has 0 saturated carbocycles. The van der Waals surface area contributed by atoms with Crippen molar-refractivity contribution in [2.45, 2.75) is 0 Å². The maximum Gasteiger partial charge on any atom is 0.328 e. The minimum atomic E-state index is -1.05. The maximum absolute atomic E-state index is 10.7. The van der Waals surface area contributed by atoms with Crippen LogP contribution in [-0.4, -0.2) is 26.3 Å². The van der Waals surface area contributed by atoms with Gasteiger partial charge in [0.2, 0.25) is 0 Å². The second-order valence-corrected chi connectivity index (χ2v) is 5.30. The van der Waals surface area contributed by atoms with Gasteiger partial charge in [-0.3, -0.25) is 5.10 Å². The highest BCUT2D eigenvalue weighted by Gasteiger charge is 2.12. The zero-order valence-corrected chi connectivity index (χ0v) is 12.6. The number of carboxylic acid groups (broad SMARTS) is 1. The molecule has 110 valence electrons. The normalized spacial score (nSPS) is 11.4. The summed E-state index contributed by atoms with van der Waals surface area (Å²) in [4.78, 5) is 15.1. The first kappa shape index (κ1) is 14.6. The summed E-state index contributed by atoms with van der Waals surface area (Å²) in [5, 5.41) is 17.0. The second-order valence-electron chi connectivity index (χ2n) is 4.51. The number of hydrogen-bond acceptors (Lipinski definition) is 3. The number of carbonyl (C=O) groups is 1. The molecule has 3 rings (SSSR count). The Morgan fingerprint density at radius 2 is 2.14 bits per heavy atom. The Bertz CT molecular complexity index is 889. The number of nitrogens with one attached hydrogen (secondary N) is 1. The summed E-state index contributed by atoms with van der Waals surface area (Å²) in [6.45, 7) is 0. The van der Waals surface area contributed by atoms with Gasteiger partial charge in [0.25, 0.3) is 0 Å². The maximum atomic E-state index is 10.7. The number of pyridine rings is 1. The average molecular weight is 334 g/mol. The predicted molar refractivity (Wildman–Crippen MR) is 86.0 cm³/mol. The molecule has 0 saturated heterocycles. The molecule has 0 atom stereocenters. The molecule has 1 aromatic carbocycles. The van der Waals surface area contributed by atoms with E-state index >= 15 is 0 Å². The van der Waals surface area contributed by atoms with Crippen LogP contribution in [0.1, 0.15) is 5.69 Å². The molecular formula is C15H9Cl2N3O2. The van der Waals surface area contributed by atoms with Crippen LogP contribution in [0.15, 0.2) is 36.7 Å². The first-order valence-corrected chi connectivity index (χ1v) is 7.01. The fraction of sp³-hybridized carbons (Fsp3) is 0. The third kappa shape index (κ3) is 2.68. The van der Waals surface area contributed by atoms with E-state index < -0.39 is 5.97 Å². The van der Waals surface area contributed by atoms with Crippen LogP contribution in [0.25, 0.3) is 28.1 Å². The van der Waals surface area contributed by atoms with Crippen molar-refractivity contribution in [3.63, 3.8) is 0 Å². The van der Waals surface area contributed by atoms with E-state index in [9.17, 15) is 4.79 Å². The molecule has 0 aliphatic rings. The number of halogens is 2. The molecular weight excluding hydrogens is 325 g/mol. The summed E-state index contributed by atoms with van der Waals surface area (Å²) in [6.07, 6.45) is 5.83. The molecule has 3 aromatic rings. The Kier molecular flexibility index (Phi) is 3.83. The van der Waals surface area contributed by atoms with Crippen LogP contribution in [0, 0.1) is 0 Å². The summed E-state index contributed by atoms with van der Waals surface area (Å²) >= 11 is 12.3. The van der Waals surface area contributed by atoms with Crippen LogP contribution < -0.4 is 0 Å². The molecule has 0 spiro atoms. The van der Waals surface area contributed by atoms with Gasteiger partial charge in [0.15, 0.2) is 0 Å². The van der Waals surface area contributed by atoms with Gasteiger partial charge < -0.3 is 5.11 Å². The lowest BCUT2D eigenvalue weighted by molar-refractivity contribution is -0.131. The van der Waals surface area contributed by atoms with E-state index in [1.807, 2.05) is 6.07 Å². The van der Waals surface area contributed by atoms with Gasteiger partial charge in [0, 0.05) is 23.2 Å². The van der Waals surface area contributed by atoms with Gasteiger partial charge in [-0.05, 0) is 23.8 Å². The largest absolute Gasteiger partial charge is 0.478 e. The average Bonchev–Trinajstić information content (AvgIpc) is 3.02. The van der Waals surface area contributed by atoms with E-state index in [0.717, 1.165) is 22.6 Å². The molecule has 0 fully saturated rings. The number of aromatic amines is 1. The Labute approximate surface area is 135 Å². The van der Waals surface area contributed by atoms with Crippen molar-refractivity contribution < 1.29 is 9.90 Å². The number of aliphatic carboxylic acids is 1. The molecule has 5 nitrogen and oxygen atoms in total. The number of aromatic nitrogens is 3. The number of nitrogens with zero attached hydrogens (tertiary/aromatic N) is 2. The van der Waals surface area contributed by atoms with E-state index in [1.165, 1.54) is 6.08 Å². The molecule has 0 aliphatic heterocycles. The highest BCUT2D eigenvalue weighted by Crippen LogP contribution is 2.35. The fourth-order valence-electron chi connectivity index (χ4n) is 2.13. The van der Waals surface area contributed by atoms with Gasteiger partial charge in [-0.1, -0.05) is 29.3 Å². The Morgan fingerprint density at radius 1 is 1.32 bits per heavy atom. The van der Waals surface area contributed by atoms with Crippen LogP contribution >= 0.6 is 23.2 Å². The Balaban J connectivity index is 2.32. The molecule has 22 heavy (non-hydrogen) atoms. The lowest BCUT2D eigenvalue weighted by Gasteiger charge is -2.08. The van der Waals surface area contributed by atoms with Crippen molar-refractivity contribution in [3.8, 4) is 11.1 Å². The van der Waals surface area contributed by atoms with Crippen molar-refractivity contribution in [1.82, 2.24) is 15.2 Å². The molecule has 0 radical (unpaired) electrons. The van der Waals surface area contributed by atoms with E-state index in [4.69, 9.17) is 28.3 Å². The molecule has 0 unspecified atom stereocenters. The monoisotopic (exact) mass is 333 g/mol. The highest BCUT2D eigenvalue weighted by atomic mass is 35.5. The van der Waals surface area contributed by atoms with E-state index in [-0.39, 0.29) is 0 Å². The summed E-state index contributed by atoms with van der Waals surface area (Å²) in [6, 6.07) is 5.30. The number of rotatable bonds is 3. The lowest BCUT2D eigenvalue weighted by Crippen LogP contribution is -1.91. The van der Waals surface area contributed by atoms with Gasteiger partial charge in [-0.2, -0.15) is 5.10 Å². The van der Waals surface area contributed by atoms with Crippen LogP contribution in [0.4, 0.5) is 0 Å². The van der Waals surface area contributed by atoms with Crippen molar-refractivity contribution >= 4 is 46.2 Å². The standard InChI is InChI=1S/C15H9Cl2N3O2/c16-12-3-2-10-11(8-6-18-19-7-8)5-9(1-4-13(21)22)20-15(10)14(12)17/h1-7H,(H,18,19)(H,21,22)/b4-1+. The van der Waals surface area contributed by atoms with E-state index in [1.54, 1.807) is 24.5 Å². The Morgan fingerprint density at radius 3 is 2.82 bits per heavy atom. The summed E-state index contributed by atoms with van der Waals surface area (Å²) < 4.78 is 0. The topological polar surface area (TPSA) is 78.9 Å². The van der Waals surface area contributed by atoms with Gasteiger partial charge >= 0.3 is 5.97 Å². The predicted octanol–water partition coefficient (Wildman–Crippen LogP) is 4.03. The minimum Gasteiger partial charge on any atom is -0.478 e. The van der Waals surface area contributed by atoms with Crippen molar-refractivity contribution in [2.75, 3.05) is 0 Å². The lowest BCUT2D eigenvalue weighted by atomic mass is 10.0. The molecule has 2 heterocycles. The van der Waals surface area contributed by atoms with E-state index in [0.29, 0.717) is 21.3 Å². The molecule has 0 bridgehead atoms. The molecule has 7 heteroatoms. The summed E-state index contributed by atoms with van der Waals surface area (Å²) in [5.41, 5.74) is 2.66. The van der Waals surface area contributed by atoms with E-state index in [2.05, 4.69) is 15.2 Å². The number of carboxylic acids is 1. The van der Waals surface area contributed by atoms with Crippen molar-refractivity contribution in [1.29, 1.82) is 0 Å². The first-order valence-electron chi connectivity index (χ1n) is 6.25. The van der Waals surface area contributed by atoms with Gasteiger partial charge in [0.1, 0.15) is 0 Å². The van der Waals surface area contributed by atoms with Crippen molar-refractivity contribution in [3.05, 3.63) is 52.4 Å². The minimum absolute atomic E-state index is 0.328. The van der Waals surface area contributed by atoms with Crippen LogP contribution in [0.3, 0.4) is 0 Å². The second kappa shape index (κ2) is 5.79. The first-order chi connectivity index (χ1) is 10.6.